The summed E-state index contributed by atoms with van der Waals surface area (Å²) in [6.07, 6.45) is 2.82. The highest BCUT2D eigenvalue weighted by Gasteiger charge is 2.23. The summed E-state index contributed by atoms with van der Waals surface area (Å²) >= 11 is 0. The van der Waals surface area contributed by atoms with Crippen LogP contribution < -0.4 is 15.4 Å². The van der Waals surface area contributed by atoms with Crippen LogP contribution in [-0.2, 0) is 6.54 Å². The number of hydrogen-bond acceptors (Lipinski definition) is 8. The summed E-state index contributed by atoms with van der Waals surface area (Å²) < 4.78 is 35.4. The maximum Gasteiger partial charge on any atom is 0.260 e. The lowest BCUT2D eigenvalue weighted by Gasteiger charge is -2.32. The summed E-state index contributed by atoms with van der Waals surface area (Å²) in [5.74, 6) is -2.54. The Morgan fingerprint density at radius 3 is 2.63 bits per heavy atom. The highest BCUT2D eigenvalue weighted by atomic mass is 19.1. The molecule has 4 aromatic rings. The molecular weight excluding hydrogens is 494 g/mol. The summed E-state index contributed by atoms with van der Waals surface area (Å²) in [6, 6.07) is 6.14. The first-order valence-corrected chi connectivity index (χ1v) is 12.2. The van der Waals surface area contributed by atoms with Gasteiger partial charge in [0.15, 0.2) is 23.2 Å². The second-order valence-electron chi connectivity index (χ2n) is 9.24. The molecule has 3 aromatic heterocycles. The van der Waals surface area contributed by atoms with Crippen molar-refractivity contribution >= 4 is 28.3 Å². The number of pyridine rings is 1. The Morgan fingerprint density at radius 2 is 1.92 bits per heavy atom. The molecule has 0 radical (unpaired) electrons. The number of anilines is 2. The zero-order valence-corrected chi connectivity index (χ0v) is 21.3. The van der Waals surface area contributed by atoms with E-state index < -0.39 is 23.3 Å². The number of hydrogen-bond donors (Lipinski definition) is 3. The zero-order chi connectivity index (χ0) is 26.8. The number of likely N-dealkylation sites (N-methyl/N-ethyl adjacent to an activating group) is 1. The fourth-order valence-electron chi connectivity index (χ4n) is 4.35. The number of nitrogens with zero attached hydrogens (tertiary/aromatic N) is 5. The molecule has 0 unspecified atom stereocenters. The van der Waals surface area contributed by atoms with Gasteiger partial charge in [-0.15, -0.1) is 0 Å². The third kappa shape index (κ3) is 5.27. The number of aromatic nitrogens is 4. The van der Waals surface area contributed by atoms with Crippen LogP contribution in [0.25, 0.3) is 10.9 Å². The maximum absolute atomic E-state index is 15.1. The number of amides is 1. The van der Waals surface area contributed by atoms with E-state index in [0.29, 0.717) is 11.4 Å². The summed E-state index contributed by atoms with van der Waals surface area (Å²) in [5.41, 5.74) is 2.07. The largest absolute Gasteiger partial charge is 0.435 e. The average molecular weight is 523 g/mol. The Kier molecular flexibility index (Phi) is 7.16. The summed E-state index contributed by atoms with van der Waals surface area (Å²) in [4.78, 5) is 33.0. The molecule has 1 aliphatic rings. The number of benzene rings is 1. The Morgan fingerprint density at radius 1 is 1.13 bits per heavy atom. The van der Waals surface area contributed by atoms with E-state index in [9.17, 15) is 9.18 Å². The highest BCUT2D eigenvalue weighted by molar-refractivity contribution is 6.01. The fourth-order valence-corrected chi connectivity index (χ4v) is 4.35. The first-order valence-electron chi connectivity index (χ1n) is 12.2. The number of H-pyrrole nitrogens is 1. The van der Waals surface area contributed by atoms with Gasteiger partial charge >= 0.3 is 0 Å². The molecule has 1 fully saturated rings. The molecule has 198 valence electrons. The first kappa shape index (κ1) is 25.5. The third-order valence-electron chi connectivity index (χ3n) is 6.44. The molecule has 0 atom stereocenters. The Bertz CT molecular complexity index is 1470. The van der Waals surface area contributed by atoms with Crippen molar-refractivity contribution in [2.75, 3.05) is 45.6 Å². The van der Waals surface area contributed by atoms with E-state index in [2.05, 4.69) is 47.4 Å². The van der Waals surface area contributed by atoms with Gasteiger partial charge in [-0.3, -0.25) is 14.7 Å². The number of nitrogens with one attached hydrogen (secondary N) is 3. The van der Waals surface area contributed by atoms with Crippen LogP contribution in [-0.4, -0.2) is 75.9 Å². The zero-order valence-electron chi connectivity index (χ0n) is 21.3. The van der Waals surface area contributed by atoms with E-state index in [-0.39, 0.29) is 28.2 Å². The molecule has 1 aliphatic heterocycles. The second-order valence-corrected chi connectivity index (χ2v) is 9.24. The van der Waals surface area contributed by atoms with Gasteiger partial charge in [0.05, 0.1) is 23.1 Å². The van der Waals surface area contributed by atoms with E-state index in [1.165, 1.54) is 19.4 Å². The van der Waals surface area contributed by atoms with Crippen LogP contribution in [0.2, 0.25) is 0 Å². The lowest BCUT2D eigenvalue weighted by atomic mass is 10.2. The van der Waals surface area contributed by atoms with E-state index in [1.54, 1.807) is 13.1 Å². The quantitative estimate of drug-likeness (QED) is 0.338. The number of rotatable bonds is 7. The smallest absolute Gasteiger partial charge is 0.260 e. The summed E-state index contributed by atoms with van der Waals surface area (Å²) in [6.45, 7) is 6.46. The van der Waals surface area contributed by atoms with E-state index in [0.717, 1.165) is 44.5 Å². The molecule has 1 amide bonds. The third-order valence-corrected chi connectivity index (χ3v) is 6.44. The molecule has 1 aromatic carbocycles. The Labute approximate surface area is 218 Å². The molecule has 0 saturated carbocycles. The minimum absolute atomic E-state index is 0.0347. The molecule has 38 heavy (non-hydrogen) atoms. The standard InChI is InChI=1S/C26H28F2N8O2/c1-15-10-18-22(28)20(11-19(27)23(18)33-15)38-26-21(25(37)29-2)24(31-14-32-26)34-16-4-5-17(30-12-16)13-36-8-6-35(3)7-9-36/h4-5,10-12,14,33H,6-9,13H2,1-3H3,(H,29,37)(H,31,32,34). The number of halogens is 2. The van der Waals surface area contributed by atoms with Gasteiger partial charge in [-0.25, -0.2) is 18.7 Å². The van der Waals surface area contributed by atoms with Crippen molar-refractivity contribution in [2.24, 2.45) is 0 Å². The molecule has 10 nitrogen and oxygen atoms in total. The molecule has 0 aliphatic carbocycles. The van der Waals surface area contributed by atoms with Gasteiger partial charge in [0.1, 0.15) is 11.9 Å². The van der Waals surface area contributed by atoms with Crippen LogP contribution in [0.3, 0.4) is 0 Å². The predicted octanol–water partition coefficient (Wildman–Crippen LogP) is 3.58. The lowest BCUT2D eigenvalue weighted by molar-refractivity contribution is 0.0960. The minimum Gasteiger partial charge on any atom is -0.435 e. The molecule has 0 spiro atoms. The van der Waals surface area contributed by atoms with Crippen molar-refractivity contribution < 1.29 is 18.3 Å². The molecule has 4 heterocycles. The number of aromatic amines is 1. The van der Waals surface area contributed by atoms with Crippen molar-refractivity contribution in [2.45, 2.75) is 13.5 Å². The van der Waals surface area contributed by atoms with Crippen molar-refractivity contribution in [1.29, 1.82) is 0 Å². The van der Waals surface area contributed by atoms with Gasteiger partial charge in [-0.2, -0.15) is 0 Å². The lowest BCUT2D eigenvalue weighted by Crippen LogP contribution is -2.43. The highest BCUT2D eigenvalue weighted by Crippen LogP contribution is 2.34. The SMILES string of the molecule is CNC(=O)c1c(Nc2ccc(CN3CCN(C)CC3)nc2)ncnc1Oc1cc(F)c2[nH]c(C)cc2c1F. The number of piperazine rings is 1. The normalized spacial score (nSPS) is 14.6. The minimum atomic E-state index is -0.776. The predicted molar refractivity (Wildman–Crippen MR) is 139 cm³/mol. The summed E-state index contributed by atoms with van der Waals surface area (Å²) in [7, 11) is 3.55. The maximum atomic E-state index is 15.1. The van der Waals surface area contributed by atoms with Crippen molar-refractivity contribution in [3.8, 4) is 11.6 Å². The number of carbonyl (C=O) groups excluding carboxylic acids is 1. The van der Waals surface area contributed by atoms with Crippen molar-refractivity contribution in [1.82, 2.24) is 35.1 Å². The number of aryl methyl sites for hydroxylation is 1. The van der Waals surface area contributed by atoms with E-state index in [1.807, 2.05) is 12.1 Å². The molecule has 3 N–H and O–H groups in total. The first-order chi connectivity index (χ1) is 18.3. The van der Waals surface area contributed by atoms with Crippen LogP contribution in [0, 0.1) is 18.6 Å². The van der Waals surface area contributed by atoms with Gasteiger partial charge in [-0.1, -0.05) is 0 Å². The van der Waals surface area contributed by atoms with Gasteiger partial charge in [0.2, 0.25) is 5.88 Å². The topological polar surface area (TPSA) is 111 Å². The van der Waals surface area contributed by atoms with Gasteiger partial charge < -0.3 is 25.3 Å². The summed E-state index contributed by atoms with van der Waals surface area (Å²) in [5, 5.41) is 5.61. The van der Waals surface area contributed by atoms with Gasteiger partial charge in [0.25, 0.3) is 5.91 Å². The van der Waals surface area contributed by atoms with Crippen molar-refractivity contribution in [3.63, 3.8) is 0 Å². The molecule has 12 heteroatoms. The molecule has 5 rings (SSSR count). The molecule has 0 bridgehead atoms. The monoisotopic (exact) mass is 522 g/mol. The number of fused-ring (bicyclic) bond motifs is 1. The number of carbonyl (C=O) groups is 1. The number of ether oxygens (including phenoxy) is 1. The fraction of sp³-hybridized carbons (Fsp3) is 0.308. The van der Waals surface area contributed by atoms with Crippen LogP contribution >= 0.6 is 0 Å². The van der Waals surface area contributed by atoms with Gasteiger partial charge in [0, 0.05) is 56.9 Å². The Balaban J connectivity index is 1.40. The Hall–Kier alpha value is -4.16. The second kappa shape index (κ2) is 10.7. The van der Waals surface area contributed by atoms with Crippen LogP contribution in [0.4, 0.5) is 20.3 Å². The molecular formula is C26H28F2N8O2. The van der Waals surface area contributed by atoms with Crippen LogP contribution in [0.5, 0.6) is 11.6 Å². The molecule has 1 saturated heterocycles. The van der Waals surface area contributed by atoms with Crippen molar-refractivity contribution in [3.05, 3.63) is 65.4 Å². The average Bonchev–Trinajstić information content (AvgIpc) is 3.32. The van der Waals surface area contributed by atoms with E-state index >= 15 is 4.39 Å². The van der Waals surface area contributed by atoms with Gasteiger partial charge in [-0.05, 0) is 32.2 Å². The van der Waals surface area contributed by atoms with Crippen LogP contribution in [0.1, 0.15) is 21.7 Å². The van der Waals surface area contributed by atoms with E-state index in [4.69, 9.17) is 4.74 Å². The van der Waals surface area contributed by atoms with Crippen LogP contribution in [0.15, 0.2) is 36.8 Å².